The molecule has 112 valence electrons. The molecule has 0 atom stereocenters. The van der Waals surface area contributed by atoms with Crippen LogP contribution in [0.15, 0.2) is 4.49 Å². The Labute approximate surface area is 122 Å². The fraction of sp³-hybridized carbons (Fsp3) is 0. The van der Waals surface area contributed by atoms with Crippen molar-refractivity contribution in [1.29, 1.82) is 0 Å². The molecule has 0 spiro atoms. The Kier molecular flexibility index (Phi) is 4.08. The van der Waals surface area contributed by atoms with Crippen molar-refractivity contribution in [3.63, 3.8) is 0 Å². The predicted molar refractivity (Wildman–Crippen MR) is 63.3 cm³/mol. The van der Waals surface area contributed by atoms with Gasteiger partial charge in [0.2, 0.25) is 0 Å². The number of benzene rings is 2. The van der Waals surface area contributed by atoms with Gasteiger partial charge in [0.05, 0.1) is 16.3 Å². The molecule has 2 aromatic carbocycles. The summed E-state index contributed by atoms with van der Waals surface area (Å²) >= 11 is 10.3. The minimum atomic E-state index is -2.39. The van der Waals surface area contributed by atoms with Crippen molar-refractivity contribution in [3.05, 3.63) is 50.8 Å². The van der Waals surface area contributed by atoms with Crippen LogP contribution in [0, 0.1) is 40.7 Å². The first-order valence-electron chi connectivity index (χ1n) is 5.03. The highest BCUT2D eigenvalue weighted by molar-refractivity contribution is 6.57. The molecule has 0 unspecified atom stereocenters. The second-order valence-corrected chi connectivity index (χ2v) is 4.80. The van der Waals surface area contributed by atoms with Crippen LogP contribution in [0.25, 0.3) is 16.8 Å². The zero-order valence-corrected chi connectivity index (χ0v) is 11.0. The third kappa shape index (κ3) is 2.34. The monoisotopic (exact) mass is 348 g/mol. The first kappa shape index (κ1) is 15.9. The van der Waals surface area contributed by atoms with Crippen LogP contribution in [0.2, 0.25) is 0 Å². The van der Waals surface area contributed by atoms with E-state index in [9.17, 15) is 30.7 Å². The van der Waals surface area contributed by atoms with Crippen molar-refractivity contribution in [1.82, 2.24) is 0 Å². The summed E-state index contributed by atoms with van der Waals surface area (Å²) in [5.74, 6) is -15.2. The van der Waals surface area contributed by atoms with Crippen LogP contribution in [0.3, 0.4) is 0 Å². The first-order chi connectivity index (χ1) is 9.68. The van der Waals surface area contributed by atoms with E-state index < -0.39 is 61.5 Å². The van der Waals surface area contributed by atoms with Gasteiger partial charge in [-0.1, -0.05) is 23.2 Å². The highest BCUT2D eigenvalue weighted by atomic mass is 35.5. The Morgan fingerprint density at radius 3 is 1.38 bits per heavy atom. The Morgan fingerprint density at radius 1 is 0.571 bits per heavy atom. The maximum absolute atomic E-state index is 14.0. The van der Waals surface area contributed by atoms with Gasteiger partial charge in [0.1, 0.15) is 10.3 Å². The van der Waals surface area contributed by atoms with Gasteiger partial charge in [0, 0.05) is 0 Å². The third-order valence-corrected chi connectivity index (χ3v) is 2.84. The van der Waals surface area contributed by atoms with E-state index in [4.69, 9.17) is 23.2 Å². The van der Waals surface area contributed by atoms with Crippen molar-refractivity contribution in [2.24, 2.45) is 0 Å². The van der Waals surface area contributed by atoms with E-state index in [0.717, 1.165) is 0 Å². The Hall–Kier alpha value is -1.47. The van der Waals surface area contributed by atoms with Crippen LogP contribution in [0.1, 0.15) is 5.56 Å². The van der Waals surface area contributed by atoms with E-state index in [-0.39, 0.29) is 0 Å². The number of hydrogen-bond donors (Lipinski definition) is 0. The molecular formula is C12HCl2F7. The standard InChI is InChI=1S/C12HCl2F7/c13-3(14)1-2-6(15)4-5(8(17)7(2)16)10(19)12(21)11(20)9(4)18/h1H. The summed E-state index contributed by atoms with van der Waals surface area (Å²) in [4.78, 5) is 0. The van der Waals surface area contributed by atoms with E-state index in [1.54, 1.807) is 0 Å². The third-order valence-electron chi connectivity index (χ3n) is 2.63. The molecule has 0 heterocycles. The molecule has 0 bridgehead atoms. The number of hydrogen-bond acceptors (Lipinski definition) is 0. The van der Waals surface area contributed by atoms with Crippen molar-refractivity contribution in [2.45, 2.75) is 0 Å². The average molecular weight is 349 g/mol. The van der Waals surface area contributed by atoms with E-state index in [1.165, 1.54) is 0 Å². The summed E-state index contributed by atoms with van der Waals surface area (Å²) in [7, 11) is 0. The van der Waals surface area contributed by atoms with E-state index >= 15 is 0 Å². The second-order valence-electron chi connectivity index (χ2n) is 3.80. The fourth-order valence-corrected chi connectivity index (χ4v) is 1.96. The number of rotatable bonds is 1. The summed E-state index contributed by atoms with van der Waals surface area (Å²) < 4.78 is 93.6. The molecule has 9 heteroatoms. The van der Waals surface area contributed by atoms with Gasteiger partial charge < -0.3 is 0 Å². The van der Waals surface area contributed by atoms with Crippen LogP contribution in [-0.2, 0) is 0 Å². The molecule has 0 aliphatic carbocycles. The lowest BCUT2D eigenvalue weighted by atomic mass is 10.0. The van der Waals surface area contributed by atoms with Gasteiger partial charge in [0.15, 0.2) is 34.9 Å². The Morgan fingerprint density at radius 2 is 0.952 bits per heavy atom. The molecule has 0 fully saturated rings. The predicted octanol–water partition coefficient (Wildman–Crippen LogP) is 5.59. The Balaban J connectivity index is 3.15. The van der Waals surface area contributed by atoms with Crippen LogP contribution >= 0.6 is 23.2 Å². The van der Waals surface area contributed by atoms with Gasteiger partial charge in [-0.3, -0.25) is 0 Å². The van der Waals surface area contributed by atoms with E-state index in [0.29, 0.717) is 6.08 Å². The molecule has 21 heavy (non-hydrogen) atoms. The zero-order valence-electron chi connectivity index (χ0n) is 9.48. The maximum atomic E-state index is 14.0. The van der Waals surface area contributed by atoms with Crippen LogP contribution < -0.4 is 0 Å². The molecule has 2 aromatic rings. The minimum absolute atomic E-state index is 0.370. The van der Waals surface area contributed by atoms with Crippen LogP contribution in [0.5, 0.6) is 0 Å². The molecule has 0 amide bonds. The summed E-state index contributed by atoms with van der Waals surface area (Å²) in [6, 6.07) is 0. The Bertz CT molecular complexity index is 795. The lowest BCUT2D eigenvalue weighted by Crippen LogP contribution is -2.06. The molecule has 0 saturated heterocycles. The normalized spacial score (nSPS) is 11.1. The van der Waals surface area contributed by atoms with Crippen molar-refractivity contribution >= 4 is 40.1 Å². The summed E-state index contributed by atoms with van der Waals surface area (Å²) in [6.07, 6.45) is 0.370. The quantitative estimate of drug-likeness (QED) is 0.358. The van der Waals surface area contributed by atoms with Crippen molar-refractivity contribution < 1.29 is 30.7 Å². The van der Waals surface area contributed by atoms with Gasteiger partial charge >= 0.3 is 0 Å². The average Bonchev–Trinajstić information content (AvgIpc) is 2.42. The van der Waals surface area contributed by atoms with Crippen molar-refractivity contribution in [3.8, 4) is 0 Å². The van der Waals surface area contributed by atoms with Gasteiger partial charge in [-0.15, -0.1) is 0 Å². The fourth-order valence-electron chi connectivity index (χ4n) is 1.74. The SMILES string of the molecule is Fc1c(F)c(F)c2c(F)c(C=C(Cl)Cl)c(F)c(F)c2c1F. The summed E-state index contributed by atoms with van der Waals surface area (Å²) in [5.41, 5.74) is -1.26. The highest BCUT2D eigenvalue weighted by Gasteiger charge is 2.29. The molecule has 0 nitrogen and oxygen atoms in total. The smallest absolute Gasteiger partial charge is 0.198 e. The summed E-state index contributed by atoms with van der Waals surface area (Å²) in [5, 5.41) is -3.28. The van der Waals surface area contributed by atoms with Gasteiger partial charge in [-0.05, 0) is 6.08 Å². The molecule has 0 aliphatic rings. The lowest BCUT2D eigenvalue weighted by molar-refractivity contribution is 0.411. The number of fused-ring (bicyclic) bond motifs is 1. The molecular weight excluding hydrogens is 348 g/mol. The number of halogens is 9. The van der Waals surface area contributed by atoms with E-state index in [2.05, 4.69) is 0 Å². The lowest BCUT2D eigenvalue weighted by Gasteiger charge is -2.10. The zero-order chi connectivity index (χ0) is 16.1. The van der Waals surface area contributed by atoms with Gasteiger partial charge in [-0.25, -0.2) is 30.7 Å². The van der Waals surface area contributed by atoms with E-state index in [1.807, 2.05) is 0 Å². The summed E-state index contributed by atoms with van der Waals surface area (Å²) in [6.45, 7) is 0. The van der Waals surface area contributed by atoms with Gasteiger partial charge in [0.25, 0.3) is 0 Å². The molecule has 2 rings (SSSR count). The molecule has 0 aromatic heterocycles. The van der Waals surface area contributed by atoms with Crippen LogP contribution in [0.4, 0.5) is 30.7 Å². The molecule has 0 aliphatic heterocycles. The highest BCUT2D eigenvalue weighted by Crippen LogP contribution is 2.35. The minimum Gasteiger partial charge on any atom is -0.205 e. The van der Waals surface area contributed by atoms with Crippen molar-refractivity contribution in [2.75, 3.05) is 0 Å². The first-order valence-corrected chi connectivity index (χ1v) is 5.78. The molecule has 0 saturated carbocycles. The largest absolute Gasteiger partial charge is 0.205 e. The van der Waals surface area contributed by atoms with Crippen LogP contribution in [-0.4, -0.2) is 0 Å². The molecule has 0 radical (unpaired) electrons. The topological polar surface area (TPSA) is 0 Å². The second kappa shape index (κ2) is 5.38. The molecule has 0 N–H and O–H groups in total. The maximum Gasteiger partial charge on any atom is 0.198 e. The van der Waals surface area contributed by atoms with Gasteiger partial charge in [-0.2, -0.15) is 0 Å².